The second-order valence-electron chi connectivity index (χ2n) is 7.56. The Morgan fingerprint density at radius 1 is 0.963 bits per heavy atom. The van der Waals surface area contributed by atoms with Crippen molar-refractivity contribution < 1.29 is 13.5 Å². The van der Waals surface area contributed by atoms with Crippen LogP contribution >= 0.6 is 0 Å². The lowest BCUT2D eigenvalue weighted by molar-refractivity contribution is -0.0432. The zero-order valence-electron chi connectivity index (χ0n) is 15.2. The third-order valence-electron chi connectivity index (χ3n) is 5.75. The van der Waals surface area contributed by atoms with Crippen molar-refractivity contribution >= 4 is 10.0 Å². The molecule has 0 spiro atoms. The second kappa shape index (κ2) is 7.72. The summed E-state index contributed by atoms with van der Waals surface area (Å²) in [5, 5.41) is 9.97. The molecule has 2 aromatic rings. The third-order valence-corrected chi connectivity index (χ3v) is 7.19. The van der Waals surface area contributed by atoms with E-state index in [4.69, 9.17) is 0 Å². The smallest absolute Gasteiger partial charge is 0.240 e. The predicted octanol–water partition coefficient (Wildman–Crippen LogP) is 2.20. The van der Waals surface area contributed by atoms with E-state index < -0.39 is 10.0 Å². The van der Waals surface area contributed by atoms with Crippen LogP contribution in [0.1, 0.15) is 24.3 Å². The SMILES string of the molecule is O=S(=O)(NC[C@H]1[C@@H](c2ccccc2)[C@H](CO)N1CC1CC1)c1ccccc1. The maximum Gasteiger partial charge on any atom is 0.240 e. The van der Waals surface area contributed by atoms with Crippen LogP contribution in [0.2, 0.25) is 0 Å². The lowest BCUT2D eigenvalue weighted by Crippen LogP contribution is -2.67. The van der Waals surface area contributed by atoms with Crippen LogP contribution in [0.25, 0.3) is 0 Å². The van der Waals surface area contributed by atoms with Gasteiger partial charge < -0.3 is 5.11 Å². The van der Waals surface area contributed by atoms with E-state index >= 15 is 0 Å². The van der Waals surface area contributed by atoms with E-state index in [9.17, 15) is 13.5 Å². The Bertz CT molecular complexity index is 854. The molecule has 0 amide bonds. The zero-order valence-corrected chi connectivity index (χ0v) is 16.1. The van der Waals surface area contributed by atoms with Crippen LogP contribution in [-0.4, -0.2) is 50.2 Å². The molecule has 5 nitrogen and oxygen atoms in total. The van der Waals surface area contributed by atoms with E-state index in [0.717, 1.165) is 12.1 Å². The van der Waals surface area contributed by atoms with E-state index in [2.05, 4.69) is 21.8 Å². The summed E-state index contributed by atoms with van der Waals surface area (Å²) in [6, 6.07) is 18.7. The van der Waals surface area contributed by atoms with Gasteiger partial charge in [-0.1, -0.05) is 48.5 Å². The largest absolute Gasteiger partial charge is 0.395 e. The first-order valence-electron chi connectivity index (χ1n) is 9.56. The van der Waals surface area contributed by atoms with Crippen LogP contribution in [0.4, 0.5) is 0 Å². The van der Waals surface area contributed by atoms with Gasteiger partial charge in [0.15, 0.2) is 0 Å². The Morgan fingerprint density at radius 3 is 2.19 bits per heavy atom. The molecule has 1 saturated carbocycles. The number of aliphatic hydroxyl groups excluding tert-OH is 1. The summed E-state index contributed by atoms with van der Waals surface area (Å²) >= 11 is 0. The quantitative estimate of drug-likeness (QED) is 0.730. The van der Waals surface area contributed by atoms with Gasteiger partial charge in [-0.25, -0.2) is 13.1 Å². The van der Waals surface area contributed by atoms with Gasteiger partial charge in [-0.2, -0.15) is 0 Å². The van der Waals surface area contributed by atoms with Crippen molar-refractivity contribution in [1.82, 2.24) is 9.62 Å². The summed E-state index contributed by atoms with van der Waals surface area (Å²) in [6.45, 7) is 1.38. The number of nitrogens with one attached hydrogen (secondary N) is 1. The first-order valence-corrected chi connectivity index (χ1v) is 11.0. The molecule has 1 aliphatic carbocycles. The molecule has 4 rings (SSSR count). The maximum atomic E-state index is 12.6. The molecular formula is C21H26N2O3S. The molecule has 27 heavy (non-hydrogen) atoms. The number of hydrogen-bond donors (Lipinski definition) is 2. The molecule has 1 heterocycles. The molecule has 2 N–H and O–H groups in total. The average molecular weight is 387 g/mol. The van der Waals surface area contributed by atoms with Crippen molar-refractivity contribution in [2.45, 2.75) is 35.7 Å². The summed E-state index contributed by atoms with van der Waals surface area (Å²) in [5.74, 6) is 0.817. The highest BCUT2D eigenvalue weighted by atomic mass is 32.2. The molecule has 0 unspecified atom stereocenters. The maximum absolute atomic E-state index is 12.6. The molecule has 2 aliphatic rings. The highest BCUT2D eigenvalue weighted by Gasteiger charge is 2.49. The average Bonchev–Trinajstić information content (AvgIpc) is 3.51. The van der Waals surface area contributed by atoms with Crippen LogP contribution in [0, 0.1) is 5.92 Å². The standard InChI is InChI=1S/C21H26N2O3S/c24-15-20-21(17-7-3-1-4-8-17)19(23(20)14-16-11-12-16)13-22-27(25,26)18-9-5-2-6-10-18/h1-10,16,19-22,24H,11-15H2/t19-,20-,21+/m0/s1. The van der Waals surface area contributed by atoms with E-state index in [-0.39, 0.29) is 29.5 Å². The van der Waals surface area contributed by atoms with Crippen LogP contribution in [0.5, 0.6) is 0 Å². The number of nitrogens with zero attached hydrogens (tertiary/aromatic N) is 1. The van der Waals surface area contributed by atoms with Gasteiger partial charge in [0.25, 0.3) is 0 Å². The van der Waals surface area contributed by atoms with E-state index in [0.29, 0.717) is 12.5 Å². The predicted molar refractivity (Wildman–Crippen MR) is 105 cm³/mol. The fraction of sp³-hybridized carbons (Fsp3) is 0.429. The highest BCUT2D eigenvalue weighted by molar-refractivity contribution is 7.89. The highest BCUT2D eigenvalue weighted by Crippen LogP contribution is 2.43. The molecule has 2 aromatic carbocycles. The third kappa shape index (κ3) is 3.94. The van der Waals surface area contributed by atoms with Gasteiger partial charge in [0.05, 0.1) is 11.5 Å². The minimum atomic E-state index is -3.54. The molecule has 3 atom stereocenters. The topological polar surface area (TPSA) is 69.6 Å². The van der Waals surface area contributed by atoms with Crippen molar-refractivity contribution in [2.75, 3.05) is 19.7 Å². The van der Waals surface area contributed by atoms with Crippen LogP contribution in [0.3, 0.4) is 0 Å². The number of benzene rings is 2. The van der Waals surface area contributed by atoms with E-state index in [1.165, 1.54) is 12.8 Å². The van der Waals surface area contributed by atoms with Gasteiger partial charge in [-0.15, -0.1) is 0 Å². The summed E-state index contributed by atoms with van der Waals surface area (Å²) in [6.07, 6.45) is 2.46. The van der Waals surface area contributed by atoms with Gasteiger partial charge in [0.2, 0.25) is 10.0 Å². The molecular weight excluding hydrogens is 360 g/mol. The Labute approximate surface area is 161 Å². The zero-order chi connectivity index (χ0) is 18.9. The van der Waals surface area contributed by atoms with Gasteiger partial charge in [0.1, 0.15) is 0 Å². The van der Waals surface area contributed by atoms with Gasteiger partial charge in [-0.3, -0.25) is 4.90 Å². The summed E-state index contributed by atoms with van der Waals surface area (Å²) < 4.78 is 28.1. The van der Waals surface area contributed by atoms with Gasteiger partial charge >= 0.3 is 0 Å². The number of likely N-dealkylation sites (tertiary alicyclic amines) is 1. The number of rotatable bonds is 8. The summed E-state index contributed by atoms with van der Waals surface area (Å²) in [5.41, 5.74) is 1.16. The molecule has 0 radical (unpaired) electrons. The van der Waals surface area contributed by atoms with Crippen LogP contribution in [0.15, 0.2) is 65.6 Å². The molecule has 2 fully saturated rings. The fourth-order valence-corrected chi connectivity index (χ4v) is 5.22. The second-order valence-corrected chi connectivity index (χ2v) is 9.33. The number of sulfonamides is 1. The number of aliphatic hydroxyl groups is 1. The minimum Gasteiger partial charge on any atom is -0.395 e. The molecule has 6 heteroatoms. The Kier molecular flexibility index (Phi) is 5.32. The molecule has 144 valence electrons. The van der Waals surface area contributed by atoms with Crippen LogP contribution in [-0.2, 0) is 10.0 Å². The van der Waals surface area contributed by atoms with E-state index in [1.807, 2.05) is 18.2 Å². The normalized spacial score (nSPS) is 25.9. The van der Waals surface area contributed by atoms with Crippen molar-refractivity contribution in [3.05, 3.63) is 66.2 Å². The lowest BCUT2D eigenvalue weighted by atomic mass is 9.75. The first-order chi connectivity index (χ1) is 13.1. The van der Waals surface area contributed by atoms with Crippen molar-refractivity contribution in [3.63, 3.8) is 0 Å². The molecule has 0 aromatic heterocycles. The Morgan fingerprint density at radius 2 is 1.59 bits per heavy atom. The summed E-state index contributed by atoms with van der Waals surface area (Å²) in [4.78, 5) is 2.58. The number of hydrogen-bond acceptors (Lipinski definition) is 4. The van der Waals surface area contributed by atoms with Gasteiger partial charge in [-0.05, 0) is 36.5 Å². The molecule has 1 saturated heterocycles. The van der Waals surface area contributed by atoms with Crippen molar-refractivity contribution in [3.8, 4) is 0 Å². The van der Waals surface area contributed by atoms with Gasteiger partial charge in [0, 0.05) is 31.1 Å². The van der Waals surface area contributed by atoms with Crippen molar-refractivity contribution in [1.29, 1.82) is 0 Å². The van der Waals surface area contributed by atoms with Crippen molar-refractivity contribution in [2.24, 2.45) is 5.92 Å². The minimum absolute atomic E-state index is 0.0548. The first kappa shape index (κ1) is 18.6. The summed E-state index contributed by atoms with van der Waals surface area (Å²) in [7, 11) is -3.54. The molecule has 0 bridgehead atoms. The fourth-order valence-electron chi connectivity index (χ4n) is 4.14. The lowest BCUT2D eigenvalue weighted by Gasteiger charge is -2.55. The monoisotopic (exact) mass is 386 g/mol. The Hall–Kier alpha value is -1.73. The van der Waals surface area contributed by atoms with E-state index in [1.54, 1.807) is 30.3 Å². The Balaban J connectivity index is 1.53. The van der Waals surface area contributed by atoms with Crippen LogP contribution < -0.4 is 4.72 Å². The molecule has 1 aliphatic heterocycles.